The first-order valence-electron chi connectivity index (χ1n) is 31.5. The van der Waals surface area contributed by atoms with Crippen LogP contribution in [0.15, 0.2) is 220 Å². The monoisotopic (exact) mass is 1270 g/mol. The van der Waals surface area contributed by atoms with Crippen LogP contribution in [-0.4, -0.2) is 0 Å². The number of benzene rings is 10. The zero-order valence-corrected chi connectivity index (χ0v) is 55.3. The van der Waals surface area contributed by atoms with Gasteiger partial charge in [-0.25, -0.2) is 9.69 Å². The first kappa shape index (κ1) is 64.6. The highest BCUT2D eigenvalue weighted by atomic mass is 16.5. The molecule has 1 atom stereocenters. The van der Waals surface area contributed by atoms with Gasteiger partial charge in [-0.1, -0.05) is 149 Å². The summed E-state index contributed by atoms with van der Waals surface area (Å²) in [4.78, 5) is 7.98. The summed E-state index contributed by atoms with van der Waals surface area (Å²) < 4.78 is 53.8. The van der Waals surface area contributed by atoms with Crippen LogP contribution in [0.2, 0.25) is 0 Å². The van der Waals surface area contributed by atoms with Crippen molar-refractivity contribution in [3.63, 3.8) is 0 Å². The minimum atomic E-state index is -0.770. The molecular formula is C85H68N4O8. The number of para-hydroxylation sites is 2. The highest BCUT2D eigenvalue weighted by Crippen LogP contribution is 2.66. The van der Waals surface area contributed by atoms with Crippen molar-refractivity contribution >= 4 is 33.7 Å². The van der Waals surface area contributed by atoms with E-state index in [2.05, 4.69) is 75.8 Å². The van der Waals surface area contributed by atoms with Crippen LogP contribution in [0, 0.1) is 35.8 Å². The normalized spacial score (nSPS) is 14.2. The van der Waals surface area contributed by atoms with Crippen molar-refractivity contribution in [1.29, 1.82) is 10.5 Å². The Hall–Kier alpha value is -12.5. The summed E-state index contributed by atoms with van der Waals surface area (Å²) in [5.74, 6) is 5.01. The molecule has 1 spiro atoms. The van der Waals surface area contributed by atoms with Crippen molar-refractivity contribution in [2.24, 2.45) is 0 Å². The quantitative estimate of drug-likeness (QED) is 0.0680. The molecule has 0 fully saturated rings. The van der Waals surface area contributed by atoms with E-state index in [1.165, 1.54) is 0 Å². The number of fused-ring (bicyclic) bond motifs is 4. The van der Waals surface area contributed by atoms with Crippen molar-refractivity contribution in [3.8, 4) is 104 Å². The number of hydrogen-bond acceptors (Lipinski definition) is 10. The molecule has 12 rings (SSSR count). The topological polar surface area (TPSA) is 130 Å². The van der Waals surface area contributed by atoms with Crippen LogP contribution < -0.4 is 37.9 Å². The number of allylic oxidation sites excluding steroid dienone is 4. The predicted octanol–water partition coefficient (Wildman–Crippen LogP) is 24.7. The summed E-state index contributed by atoms with van der Waals surface area (Å²) in [6.07, 6.45) is 1.19. The van der Waals surface area contributed by atoms with Crippen LogP contribution in [0.4, 0.5) is 11.4 Å². The second kappa shape index (κ2) is 26.1. The molecule has 2 aliphatic rings. The van der Waals surface area contributed by atoms with Gasteiger partial charge in [-0.3, -0.25) is 0 Å². The van der Waals surface area contributed by atoms with E-state index in [0.29, 0.717) is 35.8 Å². The average molecular weight is 1270 g/mol. The Morgan fingerprint density at radius 2 is 0.567 bits per heavy atom. The summed E-state index contributed by atoms with van der Waals surface area (Å²) in [6, 6.07) is 63.4. The Morgan fingerprint density at radius 3 is 0.825 bits per heavy atom. The standard InChI is InChI=1S/C85H68N4O8/c1-51(2)55-27-35-59(36-28-55)90-69-19-15-21-71(63(69)47-86)94-77-43-65-67(45-79(77)95-72-22-16-20-70(64(72)48-87)91-60-37-29-56(30-38-60)52(3)4)85(49-83(65,9)10)50-84(11,12)66-44-78(96-75-25-17-23-73(81(75)88-13)92-61-39-31-57(32-40-61)53(5)6)80(46-68(66)85)97-76-26-18-24-74(82(76)89-14)93-62-41-33-58(34-42-62)54(7)8/h15-46H,1,3,5,7,49-50H2,2,4,6,8-12H3. The van der Waals surface area contributed by atoms with Gasteiger partial charge in [-0.2, -0.15) is 10.5 Å². The van der Waals surface area contributed by atoms with E-state index >= 15 is 0 Å². The minimum Gasteiger partial charge on any atom is -0.468 e. The third-order valence-electron chi connectivity index (χ3n) is 17.7. The average Bonchev–Trinajstić information content (AvgIpc) is 1.52. The van der Waals surface area contributed by atoms with Crippen molar-refractivity contribution in [3.05, 3.63) is 299 Å². The second-order valence-electron chi connectivity index (χ2n) is 25.8. The van der Waals surface area contributed by atoms with Crippen molar-refractivity contribution in [1.82, 2.24) is 0 Å². The molecule has 0 saturated heterocycles. The smallest absolute Gasteiger partial charge is 0.270 e. The molecule has 12 heteroatoms. The molecule has 0 radical (unpaired) electrons. The van der Waals surface area contributed by atoms with Gasteiger partial charge in [0, 0.05) is 5.41 Å². The predicted molar refractivity (Wildman–Crippen MR) is 382 cm³/mol. The Morgan fingerprint density at radius 1 is 0.340 bits per heavy atom. The van der Waals surface area contributed by atoms with Crippen molar-refractivity contribution < 1.29 is 37.9 Å². The van der Waals surface area contributed by atoms with Gasteiger partial charge >= 0.3 is 0 Å². The van der Waals surface area contributed by atoms with Crippen LogP contribution in [-0.2, 0) is 16.2 Å². The molecule has 10 aromatic rings. The lowest BCUT2D eigenvalue weighted by Gasteiger charge is -2.31. The van der Waals surface area contributed by atoms with Gasteiger partial charge in [0.1, 0.15) is 92.3 Å². The maximum atomic E-state index is 11.0. The Labute approximate surface area is 566 Å². The molecule has 10 aromatic carbocycles. The SMILES string of the molecule is [C-]#[N+]c1c(Oc2ccc(C(=C)C)cc2)cccc1Oc1cc2c(cc1Oc1cccc(Oc3ccc(C(=C)C)cc3)c1[N+]#[C-])C1(CC(C)(C)c3cc(Oc4cccc(Oc5ccc(C(=C)C)cc5)c4C#N)c(Oc4cccc(Oc5ccc(C(=C)C)cc5)c4C#N)cc31)CC2(C)C. The molecule has 12 nitrogen and oxygen atoms in total. The largest absolute Gasteiger partial charge is 0.468 e. The first-order chi connectivity index (χ1) is 46.6. The Balaban J connectivity index is 1.02. The van der Waals surface area contributed by atoms with Crippen LogP contribution in [0.5, 0.6) is 92.0 Å². The van der Waals surface area contributed by atoms with E-state index in [-0.39, 0.29) is 91.5 Å². The van der Waals surface area contributed by atoms with Crippen LogP contribution >= 0.6 is 0 Å². The fourth-order valence-corrected chi connectivity index (χ4v) is 13.0. The lowest BCUT2D eigenvalue weighted by Crippen LogP contribution is -2.27. The summed E-state index contributed by atoms with van der Waals surface area (Å²) in [5, 5.41) is 22.0. The molecule has 2 aliphatic carbocycles. The molecule has 1 unspecified atom stereocenters. The summed E-state index contributed by atoms with van der Waals surface area (Å²) in [5.41, 5.74) is 9.84. The molecule has 0 N–H and O–H groups in total. The molecule has 0 amide bonds. The highest BCUT2D eigenvalue weighted by Gasteiger charge is 2.57. The number of nitriles is 2. The fourth-order valence-electron chi connectivity index (χ4n) is 13.0. The maximum absolute atomic E-state index is 11.0. The highest BCUT2D eigenvalue weighted by molar-refractivity contribution is 5.75. The molecule has 97 heavy (non-hydrogen) atoms. The number of hydrogen-bond donors (Lipinski definition) is 0. The lowest BCUT2D eigenvalue weighted by atomic mass is 9.72. The Bertz CT molecular complexity index is 4710. The van der Waals surface area contributed by atoms with E-state index in [4.69, 9.17) is 51.0 Å². The van der Waals surface area contributed by atoms with Gasteiger partial charge in [-0.05, 0) is 217 Å². The molecular weight excluding hydrogens is 1200 g/mol. The second-order valence-corrected chi connectivity index (χ2v) is 25.8. The molecule has 0 aliphatic heterocycles. The Kier molecular flexibility index (Phi) is 17.4. The van der Waals surface area contributed by atoms with E-state index < -0.39 is 16.2 Å². The third-order valence-corrected chi connectivity index (χ3v) is 17.7. The van der Waals surface area contributed by atoms with Gasteiger partial charge in [0.2, 0.25) is 0 Å². The van der Waals surface area contributed by atoms with Crippen molar-refractivity contribution in [2.75, 3.05) is 0 Å². The minimum absolute atomic E-state index is 0.116. The molecule has 0 saturated carbocycles. The molecule has 0 aromatic heterocycles. The summed E-state index contributed by atoms with van der Waals surface area (Å²) in [7, 11) is 0. The van der Waals surface area contributed by atoms with Crippen LogP contribution in [0.25, 0.3) is 32.0 Å². The van der Waals surface area contributed by atoms with Crippen LogP contribution in [0.3, 0.4) is 0 Å². The van der Waals surface area contributed by atoms with Gasteiger partial charge in [-0.15, -0.1) is 0 Å². The number of nitrogens with zero attached hydrogens (tertiary/aromatic N) is 4. The van der Waals surface area contributed by atoms with Gasteiger partial charge in [0.25, 0.3) is 11.4 Å². The summed E-state index contributed by atoms with van der Waals surface area (Å²) in [6.45, 7) is 49.9. The van der Waals surface area contributed by atoms with Gasteiger partial charge < -0.3 is 37.9 Å². The van der Waals surface area contributed by atoms with Crippen molar-refractivity contribution in [2.45, 2.75) is 84.5 Å². The first-order valence-corrected chi connectivity index (χ1v) is 31.5. The lowest BCUT2D eigenvalue weighted by molar-refractivity contribution is 0.349. The van der Waals surface area contributed by atoms with Crippen LogP contribution in [0.1, 0.15) is 124 Å². The van der Waals surface area contributed by atoms with E-state index in [1.54, 1.807) is 72.8 Å². The van der Waals surface area contributed by atoms with E-state index in [1.807, 2.05) is 149 Å². The molecule has 0 bridgehead atoms. The zero-order valence-electron chi connectivity index (χ0n) is 55.3. The molecule has 476 valence electrons. The third kappa shape index (κ3) is 12.9. The maximum Gasteiger partial charge on any atom is 0.270 e. The number of ether oxygens (including phenoxy) is 8. The fraction of sp³-hybridized carbons (Fsp3) is 0.153. The van der Waals surface area contributed by atoms with E-state index in [0.717, 1.165) is 66.8 Å². The van der Waals surface area contributed by atoms with Gasteiger partial charge in [0.05, 0.1) is 13.1 Å². The summed E-state index contributed by atoms with van der Waals surface area (Å²) >= 11 is 0. The zero-order chi connectivity index (χ0) is 68.5. The number of rotatable bonds is 20. The van der Waals surface area contributed by atoms with E-state index in [9.17, 15) is 10.5 Å². The molecule has 0 heterocycles. The van der Waals surface area contributed by atoms with Gasteiger partial charge in [0.15, 0.2) is 23.0 Å².